The van der Waals surface area contributed by atoms with Gasteiger partial charge in [0.05, 0.1) is 11.9 Å². The lowest BCUT2D eigenvalue weighted by atomic mass is 10.4. The van der Waals surface area contributed by atoms with Crippen molar-refractivity contribution in [2.45, 2.75) is 23.8 Å². The molecule has 0 amide bonds. The zero-order chi connectivity index (χ0) is 8.27. The molecule has 4 heteroatoms. The molecule has 0 radical (unpaired) electrons. The quantitative estimate of drug-likeness (QED) is 0.653. The van der Waals surface area contributed by atoms with Crippen molar-refractivity contribution in [3.8, 4) is 0 Å². The van der Waals surface area contributed by atoms with E-state index in [9.17, 15) is 4.21 Å². The van der Waals surface area contributed by atoms with Crippen LogP contribution >= 0.6 is 0 Å². The summed E-state index contributed by atoms with van der Waals surface area (Å²) in [6.07, 6.45) is 0.928. The highest BCUT2D eigenvalue weighted by Crippen LogP contribution is 2.13. The van der Waals surface area contributed by atoms with E-state index in [1.54, 1.807) is 0 Å². The summed E-state index contributed by atoms with van der Waals surface area (Å²) in [6.45, 7) is 3.84. The van der Waals surface area contributed by atoms with Gasteiger partial charge < -0.3 is 10.5 Å². The molecule has 0 saturated carbocycles. The lowest BCUT2D eigenvalue weighted by molar-refractivity contribution is 0.198. The summed E-state index contributed by atoms with van der Waals surface area (Å²) >= 11 is 0. The van der Waals surface area contributed by atoms with E-state index >= 15 is 0 Å². The first-order valence-electron chi connectivity index (χ1n) is 3.93. The largest absolute Gasteiger partial charge is 0.380 e. The maximum Gasteiger partial charge on any atom is 0.0610 e. The molecule has 1 saturated heterocycles. The standard InChI is InChI=1S/C7H15NO2S/c1-6(4-8)11(9)7-2-3-10-5-7/h6-7H,2-5,8H2,1H3. The third kappa shape index (κ3) is 2.25. The molecule has 66 valence electrons. The number of ether oxygens (including phenoxy) is 1. The van der Waals surface area contributed by atoms with Crippen LogP contribution in [-0.4, -0.2) is 34.5 Å². The molecule has 3 atom stereocenters. The van der Waals surface area contributed by atoms with Crippen molar-refractivity contribution in [2.24, 2.45) is 5.73 Å². The zero-order valence-corrected chi connectivity index (χ0v) is 7.60. The fraction of sp³-hybridized carbons (Fsp3) is 1.00. The minimum Gasteiger partial charge on any atom is -0.380 e. The second-order valence-corrected chi connectivity index (χ2v) is 4.99. The Kier molecular flexibility index (Phi) is 3.48. The van der Waals surface area contributed by atoms with Gasteiger partial charge in [0.25, 0.3) is 0 Å². The van der Waals surface area contributed by atoms with Crippen LogP contribution in [0.5, 0.6) is 0 Å². The Labute approximate surface area is 69.8 Å². The van der Waals surface area contributed by atoms with E-state index < -0.39 is 10.8 Å². The monoisotopic (exact) mass is 177 g/mol. The third-order valence-electron chi connectivity index (χ3n) is 1.94. The van der Waals surface area contributed by atoms with Crippen LogP contribution in [0.3, 0.4) is 0 Å². The second-order valence-electron chi connectivity index (χ2n) is 2.86. The smallest absolute Gasteiger partial charge is 0.0610 e. The van der Waals surface area contributed by atoms with Gasteiger partial charge in [0.1, 0.15) is 0 Å². The van der Waals surface area contributed by atoms with Crippen molar-refractivity contribution in [1.82, 2.24) is 0 Å². The van der Waals surface area contributed by atoms with E-state index in [0.717, 1.165) is 13.0 Å². The van der Waals surface area contributed by atoms with Crippen LogP contribution in [0.1, 0.15) is 13.3 Å². The Morgan fingerprint density at radius 2 is 2.55 bits per heavy atom. The fourth-order valence-electron chi connectivity index (χ4n) is 1.12. The van der Waals surface area contributed by atoms with Crippen LogP contribution in [-0.2, 0) is 15.5 Å². The minimum absolute atomic E-state index is 0.113. The van der Waals surface area contributed by atoms with E-state index in [0.29, 0.717) is 13.2 Å². The predicted octanol–water partition coefficient (Wildman–Crippen LogP) is -0.129. The molecule has 2 N–H and O–H groups in total. The van der Waals surface area contributed by atoms with Gasteiger partial charge in [0.2, 0.25) is 0 Å². The molecule has 0 spiro atoms. The van der Waals surface area contributed by atoms with Crippen molar-refractivity contribution >= 4 is 10.8 Å². The Morgan fingerprint density at radius 1 is 1.82 bits per heavy atom. The lowest BCUT2D eigenvalue weighted by Crippen LogP contribution is -2.29. The summed E-state index contributed by atoms with van der Waals surface area (Å²) in [5, 5.41) is 0.343. The van der Waals surface area contributed by atoms with E-state index in [2.05, 4.69) is 0 Å². The highest BCUT2D eigenvalue weighted by molar-refractivity contribution is 7.86. The average Bonchev–Trinajstić information content (AvgIpc) is 2.53. The van der Waals surface area contributed by atoms with Gasteiger partial charge in [-0.2, -0.15) is 0 Å². The molecular formula is C7H15NO2S. The van der Waals surface area contributed by atoms with Gasteiger partial charge in [-0.1, -0.05) is 0 Å². The van der Waals surface area contributed by atoms with Crippen LogP contribution in [0.2, 0.25) is 0 Å². The van der Waals surface area contributed by atoms with Gasteiger partial charge in [-0.15, -0.1) is 0 Å². The number of rotatable bonds is 3. The molecule has 0 aromatic rings. The van der Waals surface area contributed by atoms with Gasteiger partial charge >= 0.3 is 0 Å². The van der Waals surface area contributed by atoms with Crippen molar-refractivity contribution in [3.05, 3.63) is 0 Å². The van der Waals surface area contributed by atoms with Crippen LogP contribution in [0.25, 0.3) is 0 Å². The van der Waals surface area contributed by atoms with Gasteiger partial charge in [0, 0.05) is 29.2 Å². The Morgan fingerprint density at radius 3 is 3.00 bits per heavy atom. The molecule has 3 nitrogen and oxygen atoms in total. The van der Waals surface area contributed by atoms with Crippen LogP contribution in [0, 0.1) is 0 Å². The Bertz CT molecular complexity index is 145. The summed E-state index contributed by atoms with van der Waals surface area (Å²) in [4.78, 5) is 0. The third-order valence-corrected chi connectivity index (χ3v) is 3.96. The van der Waals surface area contributed by atoms with E-state index in [1.165, 1.54) is 0 Å². The Balaban J connectivity index is 2.39. The molecule has 0 bridgehead atoms. The van der Waals surface area contributed by atoms with E-state index in [4.69, 9.17) is 10.5 Å². The summed E-state index contributed by atoms with van der Waals surface area (Å²) < 4.78 is 16.7. The highest BCUT2D eigenvalue weighted by Gasteiger charge is 2.25. The molecular weight excluding hydrogens is 162 g/mol. The van der Waals surface area contributed by atoms with Gasteiger partial charge in [0.15, 0.2) is 0 Å². The molecule has 0 aromatic carbocycles. The molecule has 1 aliphatic heterocycles. The minimum atomic E-state index is -0.790. The van der Waals surface area contributed by atoms with Crippen molar-refractivity contribution in [2.75, 3.05) is 19.8 Å². The molecule has 0 aliphatic carbocycles. The first-order valence-corrected chi connectivity index (χ1v) is 5.20. The maximum absolute atomic E-state index is 11.5. The highest BCUT2D eigenvalue weighted by atomic mass is 32.2. The summed E-state index contributed by atoms with van der Waals surface area (Å²) in [7, 11) is -0.790. The predicted molar refractivity (Wildman–Crippen MR) is 45.9 cm³/mol. The summed E-state index contributed by atoms with van der Waals surface area (Å²) in [5.74, 6) is 0. The summed E-state index contributed by atoms with van der Waals surface area (Å²) in [6, 6.07) is 0. The number of hydrogen-bond donors (Lipinski definition) is 1. The fourth-order valence-corrected chi connectivity index (χ4v) is 2.53. The molecule has 0 aromatic heterocycles. The average molecular weight is 177 g/mol. The first kappa shape index (κ1) is 9.16. The molecule has 1 rings (SSSR count). The normalized spacial score (nSPS) is 30.2. The number of hydrogen-bond acceptors (Lipinski definition) is 3. The molecule has 1 heterocycles. The number of nitrogens with two attached hydrogens (primary N) is 1. The molecule has 11 heavy (non-hydrogen) atoms. The molecule has 3 unspecified atom stereocenters. The first-order chi connectivity index (χ1) is 5.25. The van der Waals surface area contributed by atoms with Gasteiger partial charge in [-0.05, 0) is 13.3 Å². The SMILES string of the molecule is CC(CN)S(=O)C1CCOC1. The zero-order valence-electron chi connectivity index (χ0n) is 6.79. The van der Waals surface area contributed by atoms with Gasteiger partial charge in [-0.3, -0.25) is 4.21 Å². The van der Waals surface area contributed by atoms with Crippen LogP contribution in [0.4, 0.5) is 0 Å². The Hall–Kier alpha value is 0.0700. The molecule has 1 fully saturated rings. The second kappa shape index (κ2) is 4.18. The van der Waals surface area contributed by atoms with Crippen molar-refractivity contribution < 1.29 is 8.95 Å². The van der Waals surface area contributed by atoms with Gasteiger partial charge in [-0.25, -0.2) is 0 Å². The van der Waals surface area contributed by atoms with Crippen molar-refractivity contribution in [3.63, 3.8) is 0 Å². The van der Waals surface area contributed by atoms with Crippen LogP contribution < -0.4 is 5.73 Å². The van der Waals surface area contributed by atoms with Crippen molar-refractivity contribution in [1.29, 1.82) is 0 Å². The topological polar surface area (TPSA) is 52.3 Å². The van der Waals surface area contributed by atoms with E-state index in [1.807, 2.05) is 6.92 Å². The van der Waals surface area contributed by atoms with E-state index in [-0.39, 0.29) is 10.5 Å². The maximum atomic E-state index is 11.5. The summed E-state index contributed by atoms with van der Waals surface area (Å²) in [5.41, 5.74) is 5.41. The lowest BCUT2D eigenvalue weighted by Gasteiger charge is -2.12. The van der Waals surface area contributed by atoms with Crippen LogP contribution in [0.15, 0.2) is 0 Å². The molecule has 1 aliphatic rings.